The second kappa shape index (κ2) is 8.59. The number of carbonyl (C=O) groups is 2. The molecule has 1 fully saturated rings. The fourth-order valence-electron chi connectivity index (χ4n) is 1.89. The number of hydrogen-bond acceptors (Lipinski definition) is 3. The Hall–Kier alpha value is -1.66. The zero-order chi connectivity index (χ0) is 14.4. The summed E-state index contributed by atoms with van der Waals surface area (Å²) in [7, 11) is 0. The smallest absolute Gasteiger partial charge is 0.239 e. The van der Waals surface area contributed by atoms with E-state index < -0.39 is 0 Å². The van der Waals surface area contributed by atoms with Gasteiger partial charge in [-0.25, -0.2) is 4.39 Å². The molecular weight excluding hydrogens is 297 g/mol. The van der Waals surface area contributed by atoms with Crippen molar-refractivity contribution in [3.8, 4) is 0 Å². The molecule has 1 aliphatic rings. The lowest BCUT2D eigenvalue weighted by atomic mass is 10.0. The molecule has 1 aromatic carbocycles. The van der Waals surface area contributed by atoms with Crippen LogP contribution in [0.2, 0.25) is 0 Å². The van der Waals surface area contributed by atoms with Crippen LogP contribution in [0.5, 0.6) is 0 Å². The molecule has 2 amide bonds. The molecule has 0 aliphatic carbocycles. The summed E-state index contributed by atoms with van der Waals surface area (Å²) in [6.07, 6.45) is 0.0670. The van der Waals surface area contributed by atoms with Crippen LogP contribution in [-0.4, -0.2) is 38.0 Å². The van der Waals surface area contributed by atoms with Crippen LogP contribution in [0.25, 0.3) is 0 Å². The van der Waals surface area contributed by atoms with Crippen molar-refractivity contribution in [3.63, 3.8) is 0 Å². The van der Waals surface area contributed by atoms with Gasteiger partial charge in [0.25, 0.3) is 0 Å². The van der Waals surface area contributed by atoms with Crippen LogP contribution in [0.4, 0.5) is 4.39 Å². The summed E-state index contributed by atoms with van der Waals surface area (Å²) < 4.78 is 12.9. The van der Waals surface area contributed by atoms with Gasteiger partial charge in [0.05, 0.1) is 13.0 Å². The summed E-state index contributed by atoms with van der Waals surface area (Å²) in [6.45, 7) is 2.43. The molecule has 5 nitrogen and oxygen atoms in total. The SMILES string of the molecule is Cl.O=C(CNC(=O)Cc1cccc(F)c1)NCC1CNC1. The molecule has 2 rings (SSSR count). The van der Waals surface area contributed by atoms with Crippen LogP contribution in [0.15, 0.2) is 24.3 Å². The number of rotatable bonds is 6. The molecule has 0 radical (unpaired) electrons. The van der Waals surface area contributed by atoms with Gasteiger partial charge in [-0.2, -0.15) is 0 Å². The number of hydrogen-bond donors (Lipinski definition) is 3. The van der Waals surface area contributed by atoms with E-state index in [0.29, 0.717) is 18.0 Å². The van der Waals surface area contributed by atoms with Gasteiger partial charge in [0.1, 0.15) is 5.82 Å². The van der Waals surface area contributed by atoms with Crippen molar-refractivity contribution in [2.45, 2.75) is 6.42 Å². The lowest BCUT2D eigenvalue weighted by molar-refractivity contribution is -0.125. The Morgan fingerprint density at radius 1 is 1.24 bits per heavy atom. The summed E-state index contributed by atoms with van der Waals surface area (Å²) in [5.41, 5.74) is 0.587. The Morgan fingerprint density at radius 3 is 2.62 bits per heavy atom. The van der Waals surface area contributed by atoms with Crippen LogP contribution < -0.4 is 16.0 Å². The van der Waals surface area contributed by atoms with Gasteiger partial charge in [-0.3, -0.25) is 9.59 Å². The number of halogens is 2. The van der Waals surface area contributed by atoms with Gasteiger partial charge in [0.15, 0.2) is 0 Å². The molecule has 1 aromatic rings. The Labute approximate surface area is 129 Å². The molecule has 1 heterocycles. The normalized spacial score (nSPS) is 13.8. The Balaban J connectivity index is 0.00000220. The van der Waals surface area contributed by atoms with Gasteiger partial charge < -0.3 is 16.0 Å². The molecule has 0 bridgehead atoms. The minimum atomic E-state index is -0.373. The average Bonchev–Trinajstić information content (AvgIpc) is 2.34. The highest BCUT2D eigenvalue weighted by Crippen LogP contribution is 2.04. The minimum Gasteiger partial charge on any atom is -0.354 e. The Bertz CT molecular complexity index is 495. The van der Waals surface area contributed by atoms with Gasteiger partial charge in [-0.15, -0.1) is 12.4 Å². The summed E-state index contributed by atoms with van der Waals surface area (Å²) in [5, 5.41) is 8.40. The highest BCUT2D eigenvalue weighted by atomic mass is 35.5. The molecule has 7 heteroatoms. The van der Waals surface area contributed by atoms with Gasteiger partial charge in [0, 0.05) is 25.6 Å². The maximum absolute atomic E-state index is 12.9. The van der Waals surface area contributed by atoms with Crippen molar-refractivity contribution in [1.29, 1.82) is 0 Å². The van der Waals surface area contributed by atoms with Crippen LogP contribution in [-0.2, 0) is 16.0 Å². The predicted octanol–water partition coefficient (Wildman–Crippen LogP) is 0.242. The fraction of sp³-hybridized carbons (Fsp3) is 0.429. The second-order valence-electron chi connectivity index (χ2n) is 4.91. The quantitative estimate of drug-likeness (QED) is 0.704. The maximum Gasteiger partial charge on any atom is 0.239 e. The zero-order valence-corrected chi connectivity index (χ0v) is 12.3. The van der Waals surface area contributed by atoms with Gasteiger partial charge >= 0.3 is 0 Å². The van der Waals surface area contributed by atoms with E-state index in [1.165, 1.54) is 12.1 Å². The monoisotopic (exact) mass is 315 g/mol. The molecule has 0 spiro atoms. The molecular formula is C14H19ClFN3O2. The zero-order valence-electron chi connectivity index (χ0n) is 11.5. The molecule has 0 saturated carbocycles. The summed E-state index contributed by atoms with van der Waals surface area (Å²) >= 11 is 0. The highest BCUT2D eigenvalue weighted by molar-refractivity contribution is 5.86. The number of benzene rings is 1. The second-order valence-corrected chi connectivity index (χ2v) is 4.91. The van der Waals surface area contributed by atoms with E-state index in [1.54, 1.807) is 12.1 Å². The third-order valence-corrected chi connectivity index (χ3v) is 3.15. The molecule has 116 valence electrons. The topological polar surface area (TPSA) is 70.2 Å². The first-order valence-corrected chi connectivity index (χ1v) is 6.62. The molecule has 0 aromatic heterocycles. The first-order chi connectivity index (χ1) is 9.63. The molecule has 1 saturated heterocycles. The van der Waals surface area contributed by atoms with Crippen molar-refractivity contribution >= 4 is 24.2 Å². The molecule has 0 unspecified atom stereocenters. The van der Waals surface area contributed by atoms with E-state index in [0.717, 1.165) is 13.1 Å². The third kappa shape index (κ3) is 6.10. The molecule has 1 aliphatic heterocycles. The number of nitrogens with one attached hydrogen (secondary N) is 3. The highest BCUT2D eigenvalue weighted by Gasteiger charge is 2.17. The summed E-state index contributed by atoms with van der Waals surface area (Å²) in [5.74, 6) is -0.385. The van der Waals surface area contributed by atoms with Crippen LogP contribution in [0, 0.1) is 11.7 Å². The summed E-state index contributed by atoms with van der Waals surface area (Å²) in [4.78, 5) is 23.1. The van der Waals surface area contributed by atoms with E-state index in [9.17, 15) is 14.0 Å². The Kier molecular flexibility index (Phi) is 7.11. The lowest BCUT2D eigenvalue weighted by Crippen LogP contribution is -2.49. The Morgan fingerprint density at radius 2 is 2.00 bits per heavy atom. The van der Waals surface area contributed by atoms with E-state index in [-0.39, 0.29) is 43.0 Å². The van der Waals surface area contributed by atoms with E-state index in [4.69, 9.17) is 0 Å². The number of carbonyl (C=O) groups excluding carboxylic acids is 2. The van der Waals surface area contributed by atoms with E-state index in [2.05, 4.69) is 16.0 Å². The molecule has 3 N–H and O–H groups in total. The predicted molar refractivity (Wildman–Crippen MR) is 79.7 cm³/mol. The lowest BCUT2D eigenvalue weighted by Gasteiger charge is -2.27. The largest absolute Gasteiger partial charge is 0.354 e. The van der Waals surface area contributed by atoms with Crippen molar-refractivity contribution in [2.24, 2.45) is 5.92 Å². The minimum absolute atomic E-state index is 0. The standard InChI is InChI=1S/C14H18FN3O2.ClH/c15-12-3-1-2-10(4-12)5-13(19)18-9-14(20)17-8-11-6-16-7-11;/h1-4,11,16H,5-9H2,(H,17,20)(H,18,19);1H. The van der Waals surface area contributed by atoms with Crippen LogP contribution in [0.1, 0.15) is 5.56 Å². The van der Waals surface area contributed by atoms with Gasteiger partial charge in [-0.05, 0) is 17.7 Å². The first-order valence-electron chi connectivity index (χ1n) is 6.62. The van der Waals surface area contributed by atoms with Crippen molar-refractivity contribution in [3.05, 3.63) is 35.6 Å². The van der Waals surface area contributed by atoms with E-state index >= 15 is 0 Å². The van der Waals surface area contributed by atoms with Gasteiger partial charge in [-0.1, -0.05) is 12.1 Å². The van der Waals surface area contributed by atoms with E-state index in [1.807, 2.05) is 0 Å². The van der Waals surface area contributed by atoms with Crippen molar-refractivity contribution < 1.29 is 14.0 Å². The van der Waals surface area contributed by atoms with Gasteiger partial charge in [0.2, 0.25) is 11.8 Å². The fourth-order valence-corrected chi connectivity index (χ4v) is 1.89. The molecule has 0 atom stereocenters. The maximum atomic E-state index is 12.9. The molecule has 21 heavy (non-hydrogen) atoms. The summed E-state index contributed by atoms with van der Waals surface area (Å²) in [6, 6.07) is 5.86. The number of amides is 2. The third-order valence-electron chi connectivity index (χ3n) is 3.15. The average molecular weight is 316 g/mol. The first kappa shape index (κ1) is 17.4. The van der Waals surface area contributed by atoms with Crippen LogP contribution >= 0.6 is 12.4 Å². The van der Waals surface area contributed by atoms with Crippen LogP contribution in [0.3, 0.4) is 0 Å². The van der Waals surface area contributed by atoms with Crippen molar-refractivity contribution in [2.75, 3.05) is 26.2 Å². The van der Waals surface area contributed by atoms with Crippen molar-refractivity contribution in [1.82, 2.24) is 16.0 Å².